The Labute approximate surface area is 239 Å². The molecule has 8 heteroatoms. The Hall–Kier alpha value is -4.46. The number of aromatic nitrogens is 1. The number of hydrogen-bond donors (Lipinski definition) is 1. The van der Waals surface area contributed by atoms with Gasteiger partial charge in [0.15, 0.2) is 35.7 Å². The summed E-state index contributed by atoms with van der Waals surface area (Å²) in [6, 6.07) is 17.7. The third kappa shape index (κ3) is 5.87. The molecular formula is C33H34NO7+. The first-order valence-corrected chi connectivity index (χ1v) is 14.1. The Balaban J connectivity index is 1.05. The first kappa shape index (κ1) is 26.7. The molecule has 212 valence electrons. The average Bonchev–Trinajstić information content (AvgIpc) is 3.44. The number of carboxylic acids is 1. The van der Waals surface area contributed by atoms with Gasteiger partial charge in [0, 0.05) is 12.5 Å². The molecule has 0 saturated heterocycles. The van der Waals surface area contributed by atoms with Crippen LogP contribution >= 0.6 is 0 Å². The summed E-state index contributed by atoms with van der Waals surface area (Å²) in [7, 11) is 1.68. The molecular weight excluding hydrogens is 522 g/mol. The smallest absolute Gasteiger partial charge is 0.307 e. The highest BCUT2D eigenvalue weighted by atomic mass is 16.7. The van der Waals surface area contributed by atoms with Gasteiger partial charge in [-0.05, 0) is 78.6 Å². The molecule has 0 fully saturated rings. The molecule has 0 unspecified atom stereocenters. The van der Waals surface area contributed by atoms with E-state index in [1.807, 2.05) is 18.2 Å². The molecule has 0 radical (unpaired) electrons. The van der Waals surface area contributed by atoms with Crippen LogP contribution in [0.2, 0.25) is 0 Å². The molecule has 0 atom stereocenters. The van der Waals surface area contributed by atoms with Crippen LogP contribution in [0.5, 0.6) is 28.7 Å². The van der Waals surface area contributed by atoms with E-state index < -0.39 is 5.97 Å². The van der Waals surface area contributed by atoms with Gasteiger partial charge in [-0.1, -0.05) is 12.1 Å². The number of fused-ring (bicyclic) bond motifs is 5. The van der Waals surface area contributed by atoms with Crippen molar-refractivity contribution in [2.24, 2.45) is 0 Å². The number of hydrogen-bond acceptors (Lipinski definition) is 6. The summed E-state index contributed by atoms with van der Waals surface area (Å²) in [5, 5.41) is 11.0. The van der Waals surface area contributed by atoms with E-state index in [-0.39, 0.29) is 13.2 Å². The maximum absolute atomic E-state index is 10.8. The molecule has 0 saturated carbocycles. The molecule has 2 aliphatic rings. The van der Waals surface area contributed by atoms with Crippen LogP contribution < -0.4 is 28.3 Å². The predicted molar refractivity (Wildman–Crippen MR) is 153 cm³/mol. The second-order valence-corrected chi connectivity index (χ2v) is 10.4. The summed E-state index contributed by atoms with van der Waals surface area (Å²) in [6.07, 6.45) is 7.08. The summed E-state index contributed by atoms with van der Waals surface area (Å²) >= 11 is 0. The van der Waals surface area contributed by atoms with E-state index in [1.165, 1.54) is 11.1 Å². The van der Waals surface area contributed by atoms with Crippen LogP contribution in [0.3, 0.4) is 0 Å². The fourth-order valence-corrected chi connectivity index (χ4v) is 5.51. The number of aliphatic carboxylic acids is 1. The van der Waals surface area contributed by atoms with Gasteiger partial charge >= 0.3 is 5.97 Å². The number of aryl methyl sites for hydroxylation is 2. The summed E-state index contributed by atoms with van der Waals surface area (Å²) in [6.45, 7) is 2.39. The first-order chi connectivity index (χ1) is 20.1. The number of unbranched alkanes of at least 4 members (excludes halogenated alkanes) is 3. The van der Waals surface area contributed by atoms with Crippen LogP contribution in [0.25, 0.3) is 22.0 Å². The molecule has 0 amide bonds. The van der Waals surface area contributed by atoms with E-state index in [9.17, 15) is 4.79 Å². The number of ether oxygens (including phenoxy) is 5. The highest BCUT2D eigenvalue weighted by Crippen LogP contribution is 2.41. The van der Waals surface area contributed by atoms with Gasteiger partial charge < -0.3 is 28.8 Å². The van der Waals surface area contributed by atoms with Crippen molar-refractivity contribution < 1.29 is 38.2 Å². The highest BCUT2D eigenvalue weighted by Gasteiger charge is 2.28. The number of nitrogens with zero attached hydrogens (tertiary/aromatic N) is 1. The standard InChI is InChI=1S/C33H33NO7/c1-37-29-11-8-23-17-28-26-19-31-30(40-21-41-31)18-24(26)12-13-34(28)20-27(23)33(29)39-15-5-3-2-4-14-38-25-9-6-22(7-10-25)16-32(35)36/h6-11,17-20H,2-5,12-16,21H2,1H3/p+1. The second-order valence-electron chi connectivity index (χ2n) is 10.4. The van der Waals surface area contributed by atoms with Crippen molar-refractivity contribution in [2.75, 3.05) is 27.1 Å². The highest BCUT2D eigenvalue weighted by molar-refractivity contribution is 5.91. The molecule has 6 rings (SSSR count). The predicted octanol–water partition coefficient (Wildman–Crippen LogP) is 5.73. The van der Waals surface area contributed by atoms with Crippen LogP contribution in [0.15, 0.2) is 60.8 Å². The monoisotopic (exact) mass is 556 g/mol. The Kier molecular flexibility index (Phi) is 7.80. The van der Waals surface area contributed by atoms with Crippen LogP contribution in [0.1, 0.15) is 36.8 Å². The number of pyridine rings is 1. The third-order valence-electron chi connectivity index (χ3n) is 7.63. The number of carbonyl (C=O) groups is 1. The molecule has 3 aromatic carbocycles. The number of carboxylic acid groups (broad SMARTS) is 1. The molecule has 4 aromatic rings. The minimum absolute atomic E-state index is 0.0239. The molecule has 2 aliphatic heterocycles. The molecule has 1 aromatic heterocycles. The maximum Gasteiger partial charge on any atom is 0.307 e. The minimum Gasteiger partial charge on any atom is -0.494 e. The molecule has 0 spiro atoms. The van der Waals surface area contributed by atoms with Gasteiger partial charge in [0.05, 0.1) is 37.7 Å². The zero-order valence-corrected chi connectivity index (χ0v) is 23.2. The fourth-order valence-electron chi connectivity index (χ4n) is 5.51. The zero-order chi connectivity index (χ0) is 28.2. The minimum atomic E-state index is -0.833. The SMILES string of the molecule is COc1ccc2cc3[n+](cc2c1OCCCCCCOc1ccc(CC(=O)O)cc1)CCc1cc2c(cc1-3)OCO2. The maximum atomic E-state index is 10.8. The molecule has 41 heavy (non-hydrogen) atoms. The fraction of sp³-hybridized carbons (Fsp3) is 0.333. The summed E-state index contributed by atoms with van der Waals surface area (Å²) in [5.74, 6) is 3.08. The van der Waals surface area contributed by atoms with Crippen LogP contribution in [-0.2, 0) is 24.2 Å². The number of benzene rings is 3. The van der Waals surface area contributed by atoms with E-state index in [4.69, 9.17) is 28.8 Å². The lowest BCUT2D eigenvalue weighted by Gasteiger charge is -2.18. The summed E-state index contributed by atoms with van der Waals surface area (Å²) < 4.78 is 31.3. The Bertz CT molecular complexity index is 1560. The van der Waals surface area contributed by atoms with Crippen molar-refractivity contribution in [3.63, 3.8) is 0 Å². The van der Waals surface area contributed by atoms with Gasteiger partial charge in [0.2, 0.25) is 12.5 Å². The number of rotatable bonds is 12. The van der Waals surface area contributed by atoms with Crippen molar-refractivity contribution in [3.8, 4) is 40.0 Å². The largest absolute Gasteiger partial charge is 0.494 e. The Morgan fingerprint density at radius 3 is 2.44 bits per heavy atom. The van der Waals surface area contributed by atoms with E-state index >= 15 is 0 Å². The quantitative estimate of drug-likeness (QED) is 0.176. The van der Waals surface area contributed by atoms with Gasteiger partial charge in [-0.2, -0.15) is 4.57 Å². The summed E-state index contributed by atoms with van der Waals surface area (Å²) in [5.41, 5.74) is 4.38. The van der Waals surface area contributed by atoms with Crippen LogP contribution in [0, 0.1) is 0 Å². The first-order valence-electron chi connectivity index (χ1n) is 14.1. The number of methoxy groups -OCH3 is 1. The Morgan fingerprint density at radius 2 is 1.68 bits per heavy atom. The van der Waals surface area contributed by atoms with Crippen molar-refractivity contribution in [2.45, 2.75) is 45.1 Å². The lowest BCUT2D eigenvalue weighted by atomic mass is 9.95. The van der Waals surface area contributed by atoms with Gasteiger partial charge in [-0.3, -0.25) is 4.79 Å². The molecule has 1 N–H and O–H groups in total. The normalized spacial score (nSPS) is 13.0. The van der Waals surface area contributed by atoms with Crippen molar-refractivity contribution >= 4 is 16.7 Å². The van der Waals surface area contributed by atoms with Gasteiger partial charge in [-0.15, -0.1) is 0 Å². The van der Waals surface area contributed by atoms with Gasteiger partial charge in [-0.25, -0.2) is 0 Å². The van der Waals surface area contributed by atoms with E-state index in [0.29, 0.717) is 13.2 Å². The van der Waals surface area contributed by atoms with E-state index in [1.54, 1.807) is 19.2 Å². The molecule has 3 heterocycles. The second kappa shape index (κ2) is 12.0. The lowest BCUT2D eigenvalue weighted by Crippen LogP contribution is -2.40. The average molecular weight is 557 g/mol. The molecule has 8 nitrogen and oxygen atoms in total. The molecule has 0 bridgehead atoms. The molecule has 0 aliphatic carbocycles. The van der Waals surface area contributed by atoms with Crippen LogP contribution in [-0.4, -0.2) is 38.2 Å². The topological polar surface area (TPSA) is 87.3 Å². The lowest BCUT2D eigenvalue weighted by molar-refractivity contribution is -0.686. The van der Waals surface area contributed by atoms with Crippen molar-refractivity contribution in [1.29, 1.82) is 0 Å². The van der Waals surface area contributed by atoms with E-state index in [2.05, 4.69) is 35.0 Å². The third-order valence-corrected chi connectivity index (χ3v) is 7.63. The van der Waals surface area contributed by atoms with Gasteiger partial charge in [0.1, 0.15) is 5.75 Å². The van der Waals surface area contributed by atoms with Crippen LogP contribution in [0.4, 0.5) is 0 Å². The Morgan fingerprint density at radius 1 is 0.927 bits per heavy atom. The van der Waals surface area contributed by atoms with Crippen molar-refractivity contribution in [3.05, 3.63) is 71.9 Å². The van der Waals surface area contributed by atoms with Crippen molar-refractivity contribution in [1.82, 2.24) is 0 Å². The summed E-state index contributed by atoms with van der Waals surface area (Å²) in [4.78, 5) is 10.8. The van der Waals surface area contributed by atoms with E-state index in [0.717, 1.165) is 89.4 Å². The van der Waals surface area contributed by atoms with Gasteiger partial charge in [0.25, 0.3) is 0 Å². The zero-order valence-electron chi connectivity index (χ0n) is 23.2.